The molecule has 0 fully saturated rings. The standard InChI is InChI=1S/C7H10O5/c8-5(1-3-6(9)10)2-4-7(11)12/h1-4H2,(H,9,10)(H,11,12). The van der Waals surface area contributed by atoms with Crippen LogP contribution in [0.15, 0.2) is 0 Å². The molecule has 0 aliphatic heterocycles. The highest BCUT2D eigenvalue weighted by Gasteiger charge is 2.07. The van der Waals surface area contributed by atoms with Gasteiger partial charge >= 0.3 is 11.9 Å². The van der Waals surface area contributed by atoms with Crippen LogP contribution in [-0.4, -0.2) is 27.9 Å². The average molecular weight is 174 g/mol. The van der Waals surface area contributed by atoms with Crippen molar-refractivity contribution in [2.75, 3.05) is 0 Å². The van der Waals surface area contributed by atoms with Crippen LogP contribution in [0.5, 0.6) is 0 Å². The molecule has 0 bridgehead atoms. The Morgan fingerprint density at radius 2 is 1.08 bits per heavy atom. The fourth-order valence-electron chi connectivity index (χ4n) is 0.618. The molecule has 0 amide bonds. The average Bonchev–Trinajstić information content (AvgIpc) is 1.96. The summed E-state index contributed by atoms with van der Waals surface area (Å²) in [6, 6.07) is 0. The maximum atomic E-state index is 10.7. The van der Waals surface area contributed by atoms with Gasteiger partial charge in [-0.2, -0.15) is 0 Å². The molecule has 0 saturated carbocycles. The number of carboxylic acids is 2. The molecule has 0 heterocycles. The number of carbonyl (C=O) groups excluding carboxylic acids is 1. The summed E-state index contributed by atoms with van der Waals surface area (Å²) in [6.07, 6.45) is -0.609. The number of rotatable bonds is 6. The van der Waals surface area contributed by atoms with Crippen LogP contribution in [0.2, 0.25) is 0 Å². The van der Waals surface area contributed by atoms with Gasteiger partial charge in [-0.25, -0.2) is 0 Å². The fourth-order valence-corrected chi connectivity index (χ4v) is 0.618. The Bertz CT molecular complexity index is 176. The van der Waals surface area contributed by atoms with Crippen molar-refractivity contribution in [2.24, 2.45) is 0 Å². The number of Topliss-reactive ketones (excluding diaryl/α,β-unsaturated/α-hetero) is 1. The molecule has 12 heavy (non-hydrogen) atoms. The van der Waals surface area contributed by atoms with Gasteiger partial charge in [-0.3, -0.25) is 14.4 Å². The second kappa shape index (κ2) is 5.29. The van der Waals surface area contributed by atoms with Crippen LogP contribution in [0.1, 0.15) is 25.7 Å². The minimum Gasteiger partial charge on any atom is -0.481 e. The van der Waals surface area contributed by atoms with Crippen molar-refractivity contribution in [2.45, 2.75) is 25.7 Å². The largest absolute Gasteiger partial charge is 0.481 e. The minimum atomic E-state index is -1.04. The third kappa shape index (κ3) is 6.73. The van der Waals surface area contributed by atoms with Crippen molar-refractivity contribution in [3.8, 4) is 0 Å². The monoisotopic (exact) mass is 174 g/mol. The molecule has 68 valence electrons. The smallest absolute Gasteiger partial charge is 0.303 e. The van der Waals surface area contributed by atoms with Crippen molar-refractivity contribution in [1.82, 2.24) is 0 Å². The van der Waals surface area contributed by atoms with Crippen molar-refractivity contribution in [3.05, 3.63) is 0 Å². The first-order valence-electron chi connectivity index (χ1n) is 3.47. The number of hydrogen-bond acceptors (Lipinski definition) is 3. The third-order valence-electron chi connectivity index (χ3n) is 1.24. The number of carbonyl (C=O) groups is 3. The van der Waals surface area contributed by atoms with Crippen LogP contribution in [0.3, 0.4) is 0 Å². The summed E-state index contributed by atoms with van der Waals surface area (Å²) in [6.45, 7) is 0. The van der Waals surface area contributed by atoms with Gasteiger partial charge in [0.25, 0.3) is 0 Å². The quantitative estimate of drug-likeness (QED) is 0.603. The van der Waals surface area contributed by atoms with E-state index < -0.39 is 11.9 Å². The summed E-state index contributed by atoms with van der Waals surface area (Å²) in [4.78, 5) is 30.7. The molecule has 2 N–H and O–H groups in total. The van der Waals surface area contributed by atoms with E-state index in [4.69, 9.17) is 10.2 Å². The maximum absolute atomic E-state index is 10.7. The first kappa shape index (κ1) is 10.6. The van der Waals surface area contributed by atoms with E-state index >= 15 is 0 Å². The summed E-state index contributed by atoms with van der Waals surface area (Å²) >= 11 is 0. The minimum absolute atomic E-state index is 0.0807. The van der Waals surface area contributed by atoms with Crippen LogP contribution in [0.4, 0.5) is 0 Å². The summed E-state index contributed by atoms with van der Waals surface area (Å²) in [7, 11) is 0. The van der Waals surface area contributed by atoms with Gasteiger partial charge in [0.1, 0.15) is 5.78 Å². The fraction of sp³-hybridized carbons (Fsp3) is 0.571. The SMILES string of the molecule is O=C(O)CCC(=O)CCC(=O)O. The summed E-state index contributed by atoms with van der Waals surface area (Å²) in [5.41, 5.74) is 0. The predicted molar refractivity (Wildman–Crippen MR) is 38.7 cm³/mol. The lowest BCUT2D eigenvalue weighted by molar-refractivity contribution is -0.139. The molecule has 0 aromatic carbocycles. The Morgan fingerprint density at radius 1 is 0.750 bits per heavy atom. The third-order valence-corrected chi connectivity index (χ3v) is 1.24. The van der Waals surface area contributed by atoms with Crippen LogP contribution in [-0.2, 0) is 14.4 Å². The Kier molecular flexibility index (Phi) is 4.67. The molecule has 5 nitrogen and oxygen atoms in total. The van der Waals surface area contributed by atoms with Gasteiger partial charge in [-0.1, -0.05) is 0 Å². The lowest BCUT2D eigenvalue weighted by Crippen LogP contribution is -2.05. The molecule has 0 spiro atoms. The molecule has 0 aromatic rings. The highest BCUT2D eigenvalue weighted by atomic mass is 16.4. The van der Waals surface area contributed by atoms with Crippen molar-refractivity contribution in [3.63, 3.8) is 0 Å². The van der Waals surface area contributed by atoms with E-state index in [0.717, 1.165) is 0 Å². The molecule has 5 heteroatoms. The molecule has 0 radical (unpaired) electrons. The second-order valence-corrected chi connectivity index (χ2v) is 2.33. The normalized spacial score (nSPS) is 9.33. The Morgan fingerprint density at radius 3 is 1.33 bits per heavy atom. The summed E-state index contributed by atoms with van der Waals surface area (Å²) in [5.74, 6) is -2.41. The molecule has 0 unspecified atom stereocenters. The second-order valence-electron chi connectivity index (χ2n) is 2.33. The van der Waals surface area contributed by atoms with Gasteiger partial charge in [0.05, 0.1) is 12.8 Å². The van der Waals surface area contributed by atoms with E-state index in [1.165, 1.54) is 0 Å². The zero-order valence-electron chi connectivity index (χ0n) is 6.45. The van der Waals surface area contributed by atoms with Crippen LogP contribution in [0, 0.1) is 0 Å². The maximum Gasteiger partial charge on any atom is 0.303 e. The number of aliphatic carboxylic acids is 2. The molecule has 0 rings (SSSR count). The highest BCUT2D eigenvalue weighted by molar-refractivity contribution is 5.84. The molecular formula is C7H10O5. The zero-order chi connectivity index (χ0) is 9.56. The first-order chi connectivity index (χ1) is 5.52. The van der Waals surface area contributed by atoms with Gasteiger partial charge in [0.2, 0.25) is 0 Å². The highest BCUT2D eigenvalue weighted by Crippen LogP contribution is 1.98. The van der Waals surface area contributed by atoms with Crippen LogP contribution < -0.4 is 0 Å². The van der Waals surface area contributed by atoms with Crippen molar-refractivity contribution in [1.29, 1.82) is 0 Å². The molecular weight excluding hydrogens is 164 g/mol. The molecule has 0 saturated heterocycles. The zero-order valence-corrected chi connectivity index (χ0v) is 6.45. The summed E-state index contributed by atoms with van der Waals surface area (Å²) < 4.78 is 0. The van der Waals surface area contributed by atoms with E-state index in [1.807, 2.05) is 0 Å². The first-order valence-corrected chi connectivity index (χ1v) is 3.47. The number of carboxylic acid groups (broad SMARTS) is 2. The topological polar surface area (TPSA) is 91.7 Å². The van der Waals surface area contributed by atoms with E-state index in [1.54, 1.807) is 0 Å². The Hall–Kier alpha value is -1.39. The predicted octanol–water partition coefficient (Wildman–Crippen LogP) is 0.285. The molecule has 0 aliphatic rings. The molecule has 0 atom stereocenters. The van der Waals surface area contributed by atoms with E-state index in [-0.39, 0.29) is 31.5 Å². The lowest BCUT2D eigenvalue weighted by Gasteiger charge is -1.94. The van der Waals surface area contributed by atoms with Crippen LogP contribution >= 0.6 is 0 Å². The number of hydrogen-bond donors (Lipinski definition) is 2. The van der Waals surface area contributed by atoms with Gasteiger partial charge in [-0.05, 0) is 0 Å². The van der Waals surface area contributed by atoms with E-state index in [2.05, 4.69) is 0 Å². The van der Waals surface area contributed by atoms with Gasteiger partial charge in [0, 0.05) is 12.8 Å². The Labute approximate surface area is 69.0 Å². The van der Waals surface area contributed by atoms with E-state index in [0.29, 0.717) is 0 Å². The van der Waals surface area contributed by atoms with Crippen molar-refractivity contribution < 1.29 is 24.6 Å². The van der Waals surface area contributed by atoms with Crippen LogP contribution in [0.25, 0.3) is 0 Å². The number of ketones is 1. The molecule has 0 aromatic heterocycles. The van der Waals surface area contributed by atoms with E-state index in [9.17, 15) is 14.4 Å². The molecule has 0 aliphatic carbocycles. The van der Waals surface area contributed by atoms with Gasteiger partial charge in [-0.15, -0.1) is 0 Å². The Balaban J connectivity index is 3.47. The summed E-state index contributed by atoms with van der Waals surface area (Å²) in [5, 5.41) is 16.3. The van der Waals surface area contributed by atoms with Gasteiger partial charge < -0.3 is 10.2 Å². The van der Waals surface area contributed by atoms with Gasteiger partial charge in [0.15, 0.2) is 0 Å². The van der Waals surface area contributed by atoms with Crippen molar-refractivity contribution >= 4 is 17.7 Å². The lowest BCUT2D eigenvalue weighted by atomic mass is 10.1.